The van der Waals surface area contributed by atoms with Gasteiger partial charge in [0.2, 0.25) is 0 Å². The molecular weight excluding hydrogens is 224 g/mol. The molecule has 0 bridgehead atoms. The molecule has 4 unspecified atom stereocenters. The molecule has 1 aliphatic carbocycles. The number of hydrogen-bond donors (Lipinski definition) is 0. The molecule has 2 aliphatic rings. The van der Waals surface area contributed by atoms with E-state index in [1.807, 2.05) is 0 Å². The smallest absolute Gasteiger partial charge is 0.306 e. The number of esters is 1. The predicted molar refractivity (Wildman–Crippen MR) is 73.2 cm³/mol. The lowest BCUT2D eigenvalue weighted by molar-refractivity contribution is -0.149. The average Bonchev–Trinajstić information content (AvgIpc) is 2.79. The van der Waals surface area contributed by atoms with Gasteiger partial charge in [0.25, 0.3) is 0 Å². The number of rotatable bonds is 5. The Morgan fingerprint density at radius 1 is 1.06 bits per heavy atom. The molecule has 0 radical (unpaired) electrons. The molecule has 0 amide bonds. The Labute approximate surface area is 111 Å². The van der Waals surface area contributed by atoms with Crippen molar-refractivity contribution in [2.75, 3.05) is 6.61 Å². The molecular formula is C16H28O2. The van der Waals surface area contributed by atoms with Crippen LogP contribution in [0.3, 0.4) is 0 Å². The first kappa shape index (κ1) is 13.9. The Morgan fingerprint density at radius 2 is 1.83 bits per heavy atom. The van der Waals surface area contributed by atoms with Crippen LogP contribution in [0, 0.1) is 23.7 Å². The van der Waals surface area contributed by atoms with E-state index >= 15 is 0 Å². The fourth-order valence-corrected chi connectivity index (χ4v) is 3.96. The van der Waals surface area contributed by atoms with E-state index in [0.29, 0.717) is 18.9 Å². The quantitative estimate of drug-likeness (QED) is 0.686. The first-order valence-electron chi connectivity index (χ1n) is 7.88. The number of carbonyl (C=O) groups excluding carboxylic acids is 1. The van der Waals surface area contributed by atoms with Crippen LogP contribution in [-0.2, 0) is 9.53 Å². The summed E-state index contributed by atoms with van der Waals surface area (Å²) in [6.07, 6.45) is 9.92. The summed E-state index contributed by atoms with van der Waals surface area (Å²) >= 11 is 0. The van der Waals surface area contributed by atoms with Crippen LogP contribution < -0.4 is 0 Å². The van der Waals surface area contributed by atoms with Gasteiger partial charge in [-0.1, -0.05) is 26.7 Å². The van der Waals surface area contributed by atoms with Gasteiger partial charge in [0.1, 0.15) is 0 Å². The van der Waals surface area contributed by atoms with Gasteiger partial charge in [0, 0.05) is 6.42 Å². The third-order valence-corrected chi connectivity index (χ3v) is 5.23. The summed E-state index contributed by atoms with van der Waals surface area (Å²) in [6.45, 7) is 5.33. The van der Waals surface area contributed by atoms with Gasteiger partial charge in [-0.3, -0.25) is 4.79 Å². The lowest BCUT2D eigenvalue weighted by Crippen LogP contribution is -2.21. The van der Waals surface area contributed by atoms with Crippen LogP contribution in [0.2, 0.25) is 0 Å². The summed E-state index contributed by atoms with van der Waals surface area (Å²) in [6, 6.07) is 0. The van der Waals surface area contributed by atoms with Crippen molar-refractivity contribution in [3.05, 3.63) is 0 Å². The lowest BCUT2D eigenvalue weighted by Gasteiger charge is -2.24. The van der Waals surface area contributed by atoms with Crippen LogP contribution in [0.15, 0.2) is 0 Å². The molecule has 104 valence electrons. The van der Waals surface area contributed by atoms with Gasteiger partial charge in [-0.25, -0.2) is 0 Å². The topological polar surface area (TPSA) is 26.3 Å². The maximum absolute atomic E-state index is 11.3. The van der Waals surface area contributed by atoms with Crippen molar-refractivity contribution < 1.29 is 9.53 Å². The molecule has 1 heterocycles. The van der Waals surface area contributed by atoms with E-state index in [4.69, 9.17) is 4.74 Å². The minimum Gasteiger partial charge on any atom is -0.466 e. The minimum absolute atomic E-state index is 0.0242. The highest BCUT2D eigenvalue weighted by atomic mass is 16.5. The minimum atomic E-state index is 0.0242. The van der Waals surface area contributed by atoms with Crippen molar-refractivity contribution in [3.63, 3.8) is 0 Å². The summed E-state index contributed by atoms with van der Waals surface area (Å²) in [4.78, 5) is 11.3. The van der Waals surface area contributed by atoms with Gasteiger partial charge in [-0.15, -0.1) is 0 Å². The van der Waals surface area contributed by atoms with Crippen LogP contribution in [-0.4, -0.2) is 12.6 Å². The second-order valence-electron chi connectivity index (χ2n) is 6.33. The first-order valence-corrected chi connectivity index (χ1v) is 7.88. The maximum atomic E-state index is 11.3. The molecule has 0 N–H and O–H groups in total. The molecule has 0 aromatic rings. The Morgan fingerprint density at radius 3 is 2.50 bits per heavy atom. The molecule has 2 heteroatoms. The van der Waals surface area contributed by atoms with Crippen molar-refractivity contribution in [2.24, 2.45) is 23.7 Å². The normalized spacial score (nSPS) is 36.7. The van der Waals surface area contributed by atoms with Crippen LogP contribution >= 0.6 is 0 Å². The fraction of sp³-hybridized carbons (Fsp3) is 0.938. The molecule has 2 fully saturated rings. The van der Waals surface area contributed by atoms with Crippen molar-refractivity contribution in [1.82, 2.24) is 0 Å². The Balaban J connectivity index is 1.76. The first-order chi connectivity index (χ1) is 8.72. The zero-order chi connectivity index (χ0) is 13.0. The molecule has 1 saturated heterocycles. The summed E-state index contributed by atoms with van der Waals surface area (Å²) in [5.74, 6) is 3.47. The van der Waals surface area contributed by atoms with Gasteiger partial charge < -0.3 is 4.74 Å². The van der Waals surface area contributed by atoms with Crippen LogP contribution in [0.5, 0.6) is 0 Å². The summed E-state index contributed by atoms with van der Waals surface area (Å²) in [5.41, 5.74) is 0. The monoisotopic (exact) mass is 252 g/mol. The zero-order valence-corrected chi connectivity index (χ0v) is 12.0. The van der Waals surface area contributed by atoms with E-state index in [2.05, 4.69) is 13.8 Å². The van der Waals surface area contributed by atoms with Crippen LogP contribution in [0.25, 0.3) is 0 Å². The van der Waals surface area contributed by atoms with Gasteiger partial charge in [0.05, 0.1) is 6.61 Å². The molecule has 0 spiro atoms. The van der Waals surface area contributed by atoms with Crippen LogP contribution in [0.1, 0.15) is 65.2 Å². The summed E-state index contributed by atoms with van der Waals surface area (Å²) in [5, 5.41) is 0. The van der Waals surface area contributed by atoms with Crippen molar-refractivity contribution in [2.45, 2.75) is 65.2 Å². The van der Waals surface area contributed by atoms with Gasteiger partial charge in [0.15, 0.2) is 0 Å². The van der Waals surface area contributed by atoms with Crippen molar-refractivity contribution in [3.8, 4) is 0 Å². The van der Waals surface area contributed by atoms with E-state index in [9.17, 15) is 4.79 Å². The highest BCUT2D eigenvalue weighted by Gasteiger charge is 2.32. The lowest BCUT2D eigenvalue weighted by atomic mass is 9.85. The highest BCUT2D eigenvalue weighted by molar-refractivity contribution is 5.70. The predicted octanol–water partition coefficient (Wildman–Crippen LogP) is 4.18. The Hall–Kier alpha value is -0.530. The molecule has 1 saturated carbocycles. The molecule has 4 atom stereocenters. The number of ether oxygens (including phenoxy) is 1. The Kier molecular flexibility index (Phi) is 5.08. The van der Waals surface area contributed by atoms with Crippen LogP contribution in [0.4, 0.5) is 0 Å². The average molecular weight is 252 g/mol. The summed E-state index contributed by atoms with van der Waals surface area (Å²) < 4.78 is 5.02. The Bertz CT molecular complexity index is 274. The second kappa shape index (κ2) is 6.58. The SMILES string of the molecule is CCC1CC(CC)C(CCC2CCOC(=O)C2)C1. The van der Waals surface area contributed by atoms with E-state index in [1.54, 1.807) is 0 Å². The maximum Gasteiger partial charge on any atom is 0.306 e. The number of cyclic esters (lactones) is 1. The molecule has 0 aromatic carbocycles. The van der Waals surface area contributed by atoms with Gasteiger partial charge in [-0.2, -0.15) is 0 Å². The molecule has 18 heavy (non-hydrogen) atoms. The van der Waals surface area contributed by atoms with E-state index in [1.165, 1.54) is 38.5 Å². The zero-order valence-electron chi connectivity index (χ0n) is 12.0. The van der Waals surface area contributed by atoms with Crippen molar-refractivity contribution in [1.29, 1.82) is 0 Å². The highest BCUT2D eigenvalue weighted by Crippen LogP contribution is 2.43. The van der Waals surface area contributed by atoms with E-state index in [0.717, 1.165) is 24.2 Å². The van der Waals surface area contributed by atoms with E-state index < -0.39 is 0 Å². The number of carbonyl (C=O) groups is 1. The third-order valence-electron chi connectivity index (χ3n) is 5.23. The standard InChI is InChI=1S/C16H28O2/c1-3-12-9-14(4-2)15(10-12)6-5-13-7-8-18-16(17)11-13/h12-15H,3-11H2,1-2H3. The fourth-order valence-electron chi connectivity index (χ4n) is 3.96. The van der Waals surface area contributed by atoms with Crippen molar-refractivity contribution >= 4 is 5.97 Å². The van der Waals surface area contributed by atoms with Gasteiger partial charge >= 0.3 is 5.97 Å². The third kappa shape index (κ3) is 3.49. The number of hydrogen-bond acceptors (Lipinski definition) is 2. The van der Waals surface area contributed by atoms with Gasteiger partial charge in [-0.05, 0) is 55.8 Å². The molecule has 2 rings (SSSR count). The summed E-state index contributed by atoms with van der Waals surface area (Å²) in [7, 11) is 0. The molecule has 2 nitrogen and oxygen atoms in total. The second-order valence-corrected chi connectivity index (χ2v) is 6.33. The van der Waals surface area contributed by atoms with E-state index in [-0.39, 0.29) is 5.97 Å². The largest absolute Gasteiger partial charge is 0.466 e. The molecule has 0 aromatic heterocycles. The molecule has 1 aliphatic heterocycles.